The zero-order valence-electron chi connectivity index (χ0n) is 9.58. The number of alkyl halides is 1. The number of rotatable bonds is 5. The summed E-state index contributed by atoms with van der Waals surface area (Å²) in [4.78, 5) is 11.3. The lowest BCUT2D eigenvalue weighted by atomic mass is 10.3. The molecule has 98 valence electrons. The van der Waals surface area contributed by atoms with Crippen molar-refractivity contribution in [1.29, 1.82) is 0 Å². The van der Waals surface area contributed by atoms with Crippen molar-refractivity contribution < 1.29 is 14.3 Å². The Morgan fingerprint density at radius 2 is 2.17 bits per heavy atom. The number of hydrogen-bond acceptors (Lipinski definition) is 3. The highest BCUT2D eigenvalue weighted by molar-refractivity contribution is 9.09. The molecule has 0 atom stereocenters. The van der Waals surface area contributed by atoms with E-state index in [0.29, 0.717) is 33.5 Å². The third kappa shape index (κ3) is 4.52. The van der Waals surface area contributed by atoms with E-state index in [-0.39, 0.29) is 0 Å². The summed E-state index contributed by atoms with van der Waals surface area (Å²) in [7, 11) is 0. The molecule has 0 unspecified atom stereocenters. The highest BCUT2D eigenvalue weighted by atomic mass is 79.9. The van der Waals surface area contributed by atoms with Gasteiger partial charge in [0.05, 0.1) is 23.0 Å². The number of allylic oxidation sites excluding steroid dienone is 1. The average molecular weight is 354 g/mol. The van der Waals surface area contributed by atoms with Crippen LogP contribution in [0.2, 0.25) is 10.0 Å². The van der Waals surface area contributed by atoms with E-state index in [9.17, 15) is 4.79 Å². The molecule has 18 heavy (non-hydrogen) atoms. The van der Waals surface area contributed by atoms with Crippen LogP contribution in [0.15, 0.2) is 30.0 Å². The van der Waals surface area contributed by atoms with Gasteiger partial charge >= 0.3 is 5.97 Å². The molecule has 0 N–H and O–H groups in total. The number of carbonyl (C=O) groups excluding carboxylic acids is 1. The fraction of sp³-hybridized carbons (Fsp3) is 0.250. The molecule has 0 spiro atoms. The molecular weight excluding hydrogens is 343 g/mol. The first-order valence-electron chi connectivity index (χ1n) is 5.13. The predicted molar refractivity (Wildman–Crippen MR) is 75.6 cm³/mol. The van der Waals surface area contributed by atoms with Crippen LogP contribution in [-0.2, 0) is 9.53 Å². The van der Waals surface area contributed by atoms with Gasteiger partial charge in [-0.3, -0.25) is 0 Å². The molecule has 0 aliphatic rings. The Bertz CT molecular complexity index is 461. The van der Waals surface area contributed by atoms with E-state index in [2.05, 4.69) is 15.9 Å². The monoisotopic (exact) mass is 352 g/mol. The van der Waals surface area contributed by atoms with Gasteiger partial charge in [0.25, 0.3) is 0 Å². The molecule has 1 aromatic rings. The molecule has 1 rings (SSSR count). The molecule has 0 fully saturated rings. The molecule has 0 aromatic heterocycles. The fourth-order valence-corrected chi connectivity index (χ4v) is 1.72. The number of esters is 1. The van der Waals surface area contributed by atoms with Crippen LogP contribution in [0.1, 0.15) is 6.92 Å². The predicted octanol–water partition coefficient (Wildman–Crippen LogP) is 4.21. The summed E-state index contributed by atoms with van der Waals surface area (Å²) in [5.41, 5.74) is 0. The van der Waals surface area contributed by atoms with Crippen LogP contribution in [0, 0.1) is 0 Å². The maximum absolute atomic E-state index is 11.3. The lowest BCUT2D eigenvalue weighted by Crippen LogP contribution is -2.05. The highest BCUT2D eigenvalue weighted by Crippen LogP contribution is 2.32. The van der Waals surface area contributed by atoms with E-state index in [4.69, 9.17) is 32.7 Å². The van der Waals surface area contributed by atoms with Gasteiger partial charge in [-0.05, 0) is 19.1 Å². The summed E-state index contributed by atoms with van der Waals surface area (Å²) in [6.45, 7) is 2.04. The summed E-state index contributed by atoms with van der Waals surface area (Å²) in [6, 6.07) is 5.02. The van der Waals surface area contributed by atoms with Crippen molar-refractivity contribution in [2.75, 3.05) is 11.9 Å². The molecule has 0 amide bonds. The molecule has 0 heterocycles. The first-order valence-corrected chi connectivity index (χ1v) is 7.01. The van der Waals surface area contributed by atoms with Crippen LogP contribution in [0.3, 0.4) is 0 Å². The van der Waals surface area contributed by atoms with Gasteiger partial charge in [-0.25, -0.2) is 4.79 Å². The van der Waals surface area contributed by atoms with Gasteiger partial charge in [0.1, 0.15) is 16.5 Å². The minimum Gasteiger partial charge on any atom is -0.463 e. The van der Waals surface area contributed by atoms with Crippen LogP contribution in [0.5, 0.6) is 5.75 Å². The van der Waals surface area contributed by atoms with Gasteiger partial charge in [-0.15, -0.1) is 0 Å². The van der Waals surface area contributed by atoms with Gasteiger partial charge < -0.3 is 9.47 Å². The lowest BCUT2D eigenvalue weighted by molar-refractivity contribution is -0.137. The van der Waals surface area contributed by atoms with Crippen molar-refractivity contribution in [3.05, 3.63) is 40.1 Å². The molecule has 0 saturated carbocycles. The number of benzene rings is 1. The molecule has 3 nitrogen and oxygen atoms in total. The summed E-state index contributed by atoms with van der Waals surface area (Å²) >= 11 is 15.1. The van der Waals surface area contributed by atoms with Crippen molar-refractivity contribution in [2.45, 2.75) is 6.92 Å². The standard InChI is InChI=1S/C12H11BrCl2O3/c1-2-17-11(16)6-8(7-13)18-10-5-3-4-9(14)12(10)15/h3-6H,2,7H2,1H3/b8-6+. The van der Waals surface area contributed by atoms with Crippen molar-refractivity contribution in [3.8, 4) is 5.75 Å². The Balaban J connectivity index is 2.86. The second-order valence-corrected chi connectivity index (χ2v) is 4.50. The zero-order valence-corrected chi connectivity index (χ0v) is 12.7. The minimum absolute atomic E-state index is 0.301. The Labute approximate surface area is 124 Å². The second-order valence-electron chi connectivity index (χ2n) is 3.15. The third-order valence-electron chi connectivity index (χ3n) is 1.85. The Hall–Kier alpha value is -0.710. The maximum Gasteiger partial charge on any atom is 0.334 e. The summed E-state index contributed by atoms with van der Waals surface area (Å²) in [5.74, 6) is 0.307. The minimum atomic E-state index is -0.467. The van der Waals surface area contributed by atoms with Crippen LogP contribution in [0.25, 0.3) is 0 Å². The van der Waals surface area contributed by atoms with E-state index in [0.717, 1.165) is 0 Å². The zero-order chi connectivity index (χ0) is 13.5. The van der Waals surface area contributed by atoms with E-state index in [1.807, 2.05) is 0 Å². The van der Waals surface area contributed by atoms with Gasteiger partial charge in [0.2, 0.25) is 0 Å². The van der Waals surface area contributed by atoms with Gasteiger partial charge in [0, 0.05) is 0 Å². The Morgan fingerprint density at radius 3 is 2.78 bits per heavy atom. The summed E-state index contributed by atoms with van der Waals surface area (Å²) in [5, 5.41) is 1.04. The Kier molecular flexibility index (Phi) is 6.54. The molecule has 0 radical (unpaired) electrons. The van der Waals surface area contributed by atoms with Gasteiger partial charge in [-0.2, -0.15) is 0 Å². The van der Waals surface area contributed by atoms with Crippen LogP contribution in [0.4, 0.5) is 0 Å². The number of ether oxygens (including phenoxy) is 2. The normalized spacial score (nSPS) is 11.2. The third-order valence-corrected chi connectivity index (χ3v) is 3.21. The molecule has 0 aliphatic heterocycles. The number of carbonyl (C=O) groups is 1. The van der Waals surface area contributed by atoms with Crippen molar-refractivity contribution in [2.24, 2.45) is 0 Å². The van der Waals surface area contributed by atoms with Gasteiger partial charge in [-0.1, -0.05) is 45.2 Å². The first-order chi connectivity index (χ1) is 8.58. The first kappa shape index (κ1) is 15.3. The Morgan fingerprint density at radius 1 is 1.44 bits per heavy atom. The van der Waals surface area contributed by atoms with Crippen LogP contribution in [-0.4, -0.2) is 17.9 Å². The van der Waals surface area contributed by atoms with E-state index in [1.165, 1.54) is 6.08 Å². The topological polar surface area (TPSA) is 35.5 Å². The molecular formula is C12H11BrCl2O3. The second kappa shape index (κ2) is 7.67. The molecule has 0 saturated heterocycles. The van der Waals surface area contributed by atoms with E-state index < -0.39 is 5.97 Å². The number of halogens is 3. The molecule has 0 aliphatic carbocycles. The average Bonchev–Trinajstić information content (AvgIpc) is 2.34. The SMILES string of the molecule is CCOC(=O)/C=C(\CBr)Oc1cccc(Cl)c1Cl. The van der Waals surface area contributed by atoms with Crippen molar-refractivity contribution >= 4 is 45.1 Å². The summed E-state index contributed by atoms with van der Waals surface area (Å²) in [6.07, 6.45) is 1.26. The van der Waals surface area contributed by atoms with Crippen molar-refractivity contribution in [3.63, 3.8) is 0 Å². The molecule has 6 heteroatoms. The van der Waals surface area contributed by atoms with Crippen LogP contribution < -0.4 is 4.74 Å². The van der Waals surface area contributed by atoms with E-state index >= 15 is 0 Å². The van der Waals surface area contributed by atoms with E-state index in [1.54, 1.807) is 25.1 Å². The molecule has 1 aromatic carbocycles. The van der Waals surface area contributed by atoms with Crippen molar-refractivity contribution in [1.82, 2.24) is 0 Å². The molecule has 0 bridgehead atoms. The maximum atomic E-state index is 11.3. The largest absolute Gasteiger partial charge is 0.463 e. The highest BCUT2D eigenvalue weighted by Gasteiger charge is 2.09. The van der Waals surface area contributed by atoms with Gasteiger partial charge in [0.15, 0.2) is 0 Å². The number of hydrogen-bond donors (Lipinski definition) is 0. The fourth-order valence-electron chi connectivity index (χ4n) is 1.11. The lowest BCUT2D eigenvalue weighted by Gasteiger charge is -2.09. The van der Waals surface area contributed by atoms with Crippen LogP contribution >= 0.6 is 39.1 Å². The smallest absolute Gasteiger partial charge is 0.334 e. The quantitative estimate of drug-likeness (QED) is 0.344. The summed E-state index contributed by atoms with van der Waals surface area (Å²) < 4.78 is 10.3.